The highest BCUT2D eigenvalue weighted by Crippen LogP contribution is 2.26. The number of hydrogen-bond acceptors (Lipinski definition) is 4. The zero-order valence-corrected chi connectivity index (χ0v) is 15.9. The average molecular weight is 363 g/mol. The van der Waals surface area contributed by atoms with Crippen molar-refractivity contribution in [3.63, 3.8) is 0 Å². The van der Waals surface area contributed by atoms with Gasteiger partial charge in [-0.05, 0) is 60.7 Å². The van der Waals surface area contributed by atoms with E-state index in [0.717, 1.165) is 26.2 Å². The summed E-state index contributed by atoms with van der Waals surface area (Å²) in [6.07, 6.45) is 3.07. The van der Waals surface area contributed by atoms with Gasteiger partial charge < -0.3 is 10.2 Å². The molecule has 0 aromatic carbocycles. The van der Waals surface area contributed by atoms with Crippen LogP contribution in [0, 0.1) is 11.8 Å². The van der Waals surface area contributed by atoms with Crippen molar-refractivity contribution >= 4 is 28.6 Å². The van der Waals surface area contributed by atoms with Gasteiger partial charge in [-0.2, -0.15) is 0 Å². The van der Waals surface area contributed by atoms with E-state index < -0.39 is 0 Å². The quantitative estimate of drug-likeness (QED) is 0.793. The molecular weight excluding hydrogens is 336 g/mol. The maximum absolute atomic E-state index is 13.0. The molecule has 0 saturated carbocycles. The molecule has 0 aliphatic carbocycles. The maximum Gasteiger partial charge on any atom is 0.223 e. The number of carbonyl (C=O) groups is 1. The second-order valence-electron chi connectivity index (χ2n) is 6.68. The van der Waals surface area contributed by atoms with Crippen LogP contribution in [-0.4, -0.2) is 23.9 Å². The summed E-state index contributed by atoms with van der Waals surface area (Å²) in [5, 5.41) is 7.58. The average Bonchev–Trinajstić information content (AvgIpc) is 3.29. The van der Waals surface area contributed by atoms with Crippen LogP contribution in [0.15, 0.2) is 35.0 Å². The second kappa shape index (κ2) is 8.79. The number of thiophene rings is 2. The fourth-order valence-electron chi connectivity index (χ4n) is 3.40. The van der Waals surface area contributed by atoms with Crippen LogP contribution in [0.2, 0.25) is 0 Å². The number of nitrogens with zero attached hydrogens (tertiary/aromatic N) is 1. The third kappa shape index (κ3) is 4.91. The highest BCUT2D eigenvalue weighted by atomic mass is 32.1. The second-order valence-corrected chi connectivity index (χ2v) is 8.74. The lowest BCUT2D eigenvalue weighted by molar-refractivity contribution is -0.133. The summed E-state index contributed by atoms with van der Waals surface area (Å²) in [5.74, 6) is 1.44. The Morgan fingerprint density at radius 3 is 2.25 bits per heavy atom. The number of carbonyl (C=O) groups excluding carboxylic acids is 1. The molecule has 1 saturated heterocycles. The zero-order chi connectivity index (χ0) is 16.8. The summed E-state index contributed by atoms with van der Waals surface area (Å²) < 4.78 is 0. The first-order valence-corrected chi connectivity index (χ1v) is 10.5. The van der Waals surface area contributed by atoms with E-state index in [0.29, 0.717) is 24.2 Å². The maximum atomic E-state index is 13.0. The molecule has 0 radical (unpaired) electrons. The Labute approximate surface area is 152 Å². The molecule has 2 aromatic heterocycles. The number of hydrogen-bond donors (Lipinski definition) is 1. The predicted molar refractivity (Wildman–Crippen MR) is 102 cm³/mol. The zero-order valence-electron chi connectivity index (χ0n) is 14.2. The minimum Gasteiger partial charge on any atom is -0.332 e. The Kier molecular flexibility index (Phi) is 6.46. The van der Waals surface area contributed by atoms with E-state index >= 15 is 0 Å². The monoisotopic (exact) mass is 362 g/mol. The highest BCUT2D eigenvalue weighted by Gasteiger charge is 2.24. The molecule has 0 bridgehead atoms. The molecule has 5 heteroatoms. The van der Waals surface area contributed by atoms with E-state index in [1.165, 1.54) is 22.6 Å². The standard InChI is InChI=1S/C19H26N2OS2/c1-15(16-6-8-20-9-7-16)12-19(22)21(13-17-4-2-10-23-17)14-18-5-3-11-24-18/h2-5,10-11,15-16,20H,6-9,12-14H2,1H3. The van der Waals surface area contributed by atoms with Crippen molar-refractivity contribution in [3.8, 4) is 0 Å². The lowest BCUT2D eigenvalue weighted by Crippen LogP contribution is -2.35. The van der Waals surface area contributed by atoms with Crippen LogP contribution < -0.4 is 5.32 Å². The minimum atomic E-state index is 0.294. The summed E-state index contributed by atoms with van der Waals surface area (Å²) in [6, 6.07) is 8.36. The Balaban J connectivity index is 1.63. The van der Waals surface area contributed by atoms with Crippen molar-refractivity contribution < 1.29 is 4.79 Å². The van der Waals surface area contributed by atoms with E-state index in [1.54, 1.807) is 22.7 Å². The molecule has 0 spiro atoms. The normalized spacial score (nSPS) is 16.9. The molecule has 24 heavy (non-hydrogen) atoms. The first-order valence-electron chi connectivity index (χ1n) is 8.75. The van der Waals surface area contributed by atoms with Crippen molar-refractivity contribution in [1.29, 1.82) is 0 Å². The first kappa shape index (κ1) is 17.6. The Morgan fingerprint density at radius 1 is 1.17 bits per heavy atom. The van der Waals surface area contributed by atoms with E-state index in [-0.39, 0.29) is 0 Å². The Morgan fingerprint density at radius 2 is 1.75 bits per heavy atom. The van der Waals surface area contributed by atoms with E-state index in [2.05, 4.69) is 47.3 Å². The molecule has 130 valence electrons. The fraction of sp³-hybridized carbons (Fsp3) is 0.526. The summed E-state index contributed by atoms with van der Waals surface area (Å²) in [5.41, 5.74) is 0. The third-order valence-corrected chi connectivity index (χ3v) is 6.61. The number of nitrogens with one attached hydrogen (secondary N) is 1. The highest BCUT2D eigenvalue weighted by molar-refractivity contribution is 7.10. The Hall–Kier alpha value is -1.17. The first-order chi connectivity index (χ1) is 11.7. The van der Waals surface area contributed by atoms with Crippen LogP contribution in [-0.2, 0) is 17.9 Å². The van der Waals surface area contributed by atoms with Gasteiger partial charge in [-0.1, -0.05) is 19.1 Å². The molecule has 2 aromatic rings. The van der Waals surface area contributed by atoms with Gasteiger partial charge in [-0.25, -0.2) is 0 Å². The van der Waals surface area contributed by atoms with Crippen LogP contribution in [0.1, 0.15) is 35.9 Å². The summed E-state index contributed by atoms with van der Waals surface area (Å²) in [4.78, 5) is 17.5. The molecule has 3 rings (SSSR count). The molecule has 3 nitrogen and oxygen atoms in total. The van der Waals surface area contributed by atoms with Crippen LogP contribution in [0.3, 0.4) is 0 Å². The van der Waals surface area contributed by atoms with Gasteiger partial charge in [0.1, 0.15) is 0 Å². The van der Waals surface area contributed by atoms with E-state index in [4.69, 9.17) is 0 Å². The van der Waals surface area contributed by atoms with Gasteiger partial charge in [0.15, 0.2) is 0 Å². The number of rotatable bonds is 7. The SMILES string of the molecule is CC(CC(=O)N(Cc1cccs1)Cc1cccs1)C1CCNCC1. The van der Waals surface area contributed by atoms with Crippen LogP contribution in [0.25, 0.3) is 0 Å². The van der Waals surface area contributed by atoms with Gasteiger partial charge in [0.2, 0.25) is 5.91 Å². The number of piperidine rings is 1. The molecule has 1 unspecified atom stereocenters. The molecule has 1 aliphatic rings. The van der Waals surface area contributed by atoms with Gasteiger partial charge >= 0.3 is 0 Å². The van der Waals surface area contributed by atoms with Gasteiger partial charge in [-0.15, -0.1) is 22.7 Å². The molecule has 1 fully saturated rings. The molecule has 1 N–H and O–H groups in total. The van der Waals surface area contributed by atoms with E-state index in [9.17, 15) is 4.79 Å². The predicted octanol–water partition coefficient (Wildman–Crippen LogP) is 4.36. The molecule has 1 aliphatic heterocycles. The molecular formula is C19H26N2OS2. The lowest BCUT2D eigenvalue weighted by Gasteiger charge is -2.30. The van der Waals surface area contributed by atoms with Gasteiger partial charge in [0, 0.05) is 16.2 Å². The summed E-state index contributed by atoms with van der Waals surface area (Å²) >= 11 is 3.46. The van der Waals surface area contributed by atoms with Crippen molar-refractivity contribution in [2.24, 2.45) is 11.8 Å². The third-order valence-electron chi connectivity index (χ3n) is 4.89. The van der Waals surface area contributed by atoms with Gasteiger partial charge in [-0.3, -0.25) is 4.79 Å². The Bertz CT molecular complexity index is 567. The van der Waals surface area contributed by atoms with Crippen molar-refractivity contribution in [2.75, 3.05) is 13.1 Å². The lowest BCUT2D eigenvalue weighted by atomic mass is 9.84. The summed E-state index contributed by atoms with van der Waals surface area (Å²) in [6.45, 7) is 5.90. The van der Waals surface area contributed by atoms with Crippen LogP contribution >= 0.6 is 22.7 Å². The van der Waals surface area contributed by atoms with Gasteiger partial charge in [0.25, 0.3) is 0 Å². The smallest absolute Gasteiger partial charge is 0.223 e. The van der Waals surface area contributed by atoms with E-state index in [1.807, 2.05) is 4.90 Å². The van der Waals surface area contributed by atoms with Crippen molar-refractivity contribution in [3.05, 3.63) is 44.8 Å². The van der Waals surface area contributed by atoms with Crippen LogP contribution in [0.5, 0.6) is 0 Å². The summed E-state index contributed by atoms with van der Waals surface area (Å²) in [7, 11) is 0. The van der Waals surface area contributed by atoms with Crippen molar-refractivity contribution in [2.45, 2.75) is 39.3 Å². The molecule has 3 heterocycles. The number of amides is 1. The van der Waals surface area contributed by atoms with Crippen LogP contribution in [0.4, 0.5) is 0 Å². The van der Waals surface area contributed by atoms with Gasteiger partial charge in [0.05, 0.1) is 13.1 Å². The topological polar surface area (TPSA) is 32.3 Å². The molecule has 1 amide bonds. The minimum absolute atomic E-state index is 0.294. The largest absolute Gasteiger partial charge is 0.332 e. The fourth-order valence-corrected chi connectivity index (χ4v) is 4.84. The molecule has 1 atom stereocenters. The van der Waals surface area contributed by atoms with Crippen molar-refractivity contribution in [1.82, 2.24) is 10.2 Å².